The zero-order valence-corrected chi connectivity index (χ0v) is 23.4. The third-order valence-corrected chi connectivity index (χ3v) is 9.58. The van der Waals surface area contributed by atoms with Gasteiger partial charge in [0.25, 0.3) is 0 Å². The van der Waals surface area contributed by atoms with Crippen LogP contribution < -0.4 is 5.32 Å². The largest absolute Gasteiger partial charge is 0.508 e. The van der Waals surface area contributed by atoms with Gasteiger partial charge in [0.15, 0.2) is 9.84 Å². The van der Waals surface area contributed by atoms with Crippen LogP contribution in [0.4, 0.5) is 4.79 Å². The number of nitrogens with zero attached hydrogens (tertiary/aromatic N) is 1. The minimum absolute atomic E-state index is 0.0433. The first-order valence-electron chi connectivity index (χ1n) is 13.6. The van der Waals surface area contributed by atoms with Gasteiger partial charge in [0.05, 0.1) is 11.8 Å². The van der Waals surface area contributed by atoms with Gasteiger partial charge in [-0.05, 0) is 54.0 Å². The molecule has 8 nitrogen and oxygen atoms in total. The molecule has 0 unspecified atom stereocenters. The number of hydrogen-bond donors (Lipinski definition) is 3. The molecule has 0 saturated carbocycles. The van der Waals surface area contributed by atoms with E-state index in [2.05, 4.69) is 26.0 Å². The van der Waals surface area contributed by atoms with Gasteiger partial charge in [0, 0.05) is 18.0 Å². The van der Waals surface area contributed by atoms with Crippen LogP contribution in [0.5, 0.6) is 5.75 Å². The maximum absolute atomic E-state index is 12.8. The van der Waals surface area contributed by atoms with Crippen molar-refractivity contribution in [1.29, 1.82) is 0 Å². The van der Waals surface area contributed by atoms with Crippen LogP contribution in [0.3, 0.4) is 0 Å². The number of aliphatic hydroxyl groups is 1. The number of ether oxygens (including phenoxy) is 1. The van der Waals surface area contributed by atoms with Crippen LogP contribution in [0.1, 0.15) is 55.4 Å². The Morgan fingerprint density at radius 3 is 2.63 bits per heavy atom. The molecule has 208 valence electrons. The molecule has 0 spiro atoms. The molecule has 0 aliphatic carbocycles. The predicted molar refractivity (Wildman–Crippen MR) is 146 cm³/mol. The number of rotatable bonds is 10. The predicted octanol–water partition coefficient (Wildman–Crippen LogP) is 2.37. The van der Waals surface area contributed by atoms with Crippen LogP contribution in [-0.2, 0) is 34.0 Å². The van der Waals surface area contributed by atoms with E-state index in [0.29, 0.717) is 37.4 Å². The highest BCUT2D eigenvalue weighted by Crippen LogP contribution is 2.28. The number of phenolic OH excluding ortho intramolecular Hbond substituents is 1. The standard InChI is InChI=1S/C29H40N2O6S/c1-4-10-31-25(16-37-29(31)34)14-23-11-20(8-9-27(23)32)12-24-17-38(35,36)18-26(28(24)33)30-15-21-6-5-7-22(13-21)19(2)3/h5-9,11,13,19,24-26,28,30,32-33H,4,10,12,14-18H2,1-3H3/p+1/t24-,25+,26+,28+/m1/s1. The van der Waals surface area contributed by atoms with Crippen molar-refractivity contribution in [3.63, 3.8) is 0 Å². The number of aromatic hydroxyl groups is 1. The fraction of sp³-hybridized carbons (Fsp3) is 0.552. The third kappa shape index (κ3) is 6.87. The maximum atomic E-state index is 12.8. The van der Waals surface area contributed by atoms with Gasteiger partial charge in [0.2, 0.25) is 0 Å². The Hall–Kier alpha value is -2.62. The highest BCUT2D eigenvalue weighted by molar-refractivity contribution is 7.91. The van der Waals surface area contributed by atoms with Gasteiger partial charge in [-0.25, -0.2) is 13.2 Å². The summed E-state index contributed by atoms with van der Waals surface area (Å²) < 4.78 is 30.9. The number of amides is 1. The number of sulfone groups is 1. The second kappa shape index (κ2) is 12.1. The van der Waals surface area contributed by atoms with Gasteiger partial charge in [-0.3, -0.25) is 0 Å². The summed E-state index contributed by atoms with van der Waals surface area (Å²) >= 11 is 0. The summed E-state index contributed by atoms with van der Waals surface area (Å²) in [5, 5.41) is 23.7. The molecule has 0 bridgehead atoms. The molecule has 4 atom stereocenters. The number of quaternary nitrogens is 1. The van der Waals surface area contributed by atoms with Crippen LogP contribution in [0.15, 0.2) is 42.5 Å². The number of nitrogens with two attached hydrogens (primary N) is 1. The van der Waals surface area contributed by atoms with Crippen molar-refractivity contribution in [3.8, 4) is 5.75 Å². The smallest absolute Gasteiger partial charge is 0.410 e. The van der Waals surface area contributed by atoms with Crippen molar-refractivity contribution >= 4 is 15.9 Å². The molecule has 1 amide bonds. The van der Waals surface area contributed by atoms with E-state index in [1.165, 1.54) is 5.56 Å². The maximum Gasteiger partial charge on any atom is 0.410 e. The number of carbonyl (C=O) groups excluding carboxylic acids is 1. The average molecular weight is 546 g/mol. The summed E-state index contributed by atoms with van der Waals surface area (Å²) in [5.74, 6) is -0.00403. The lowest BCUT2D eigenvalue weighted by Crippen LogP contribution is -2.93. The van der Waals surface area contributed by atoms with Crippen molar-refractivity contribution in [2.24, 2.45) is 5.92 Å². The van der Waals surface area contributed by atoms with Gasteiger partial charge >= 0.3 is 6.09 Å². The van der Waals surface area contributed by atoms with E-state index in [1.807, 2.05) is 30.4 Å². The van der Waals surface area contributed by atoms with Crippen LogP contribution in [0.25, 0.3) is 0 Å². The van der Waals surface area contributed by atoms with Gasteiger partial charge < -0.3 is 25.2 Å². The summed E-state index contributed by atoms with van der Waals surface area (Å²) in [6, 6.07) is 13.0. The number of benzene rings is 2. The molecule has 4 rings (SSSR count). The topological polar surface area (TPSA) is 121 Å². The normalized spacial score (nSPS) is 25.1. The van der Waals surface area contributed by atoms with Crippen molar-refractivity contribution < 1.29 is 33.5 Å². The van der Waals surface area contributed by atoms with Gasteiger partial charge in [-0.15, -0.1) is 0 Å². The minimum Gasteiger partial charge on any atom is -0.508 e. The zero-order chi connectivity index (χ0) is 27.4. The van der Waals surface area contributed by atoms with Crippen molar-refractivity contribution in [1.82, 2.24) is 4.90 Å². The zero-order valence-electron chi connectivity index (χ0n) is 22.5. The van der Waals surface area contributed by atoms with E-state index in [-0.39, 0.29) is 36.0 Å². The number of cyclic esters (lactones) is 1. The van der Waals surface area contributed by atoms with Crippen molar-refractivity contribution in [3.05, 3.63) is 64.7 Å². The van der Waals surface area contributed by atoms with Crippen molar-refractivity contribution in [2.45, 2.75) is 70.7 Å². The van der Waals surface area contributed by atoms with Crippen LogP contribution >= 0.6 is 0 Å². The lowest BCUT2D eigenvalue weighted by Gasteiger charge is -2.33. The number of aliphatic hydroxyl groups excluding tert-OH is 1. The molecular weight excluding hydrogens is 504 g/mol. The molecule has 2 saturated heterocycles. The lowest BCUT2D eigenvalue weighted by atomic mass is 9.90. The van der Waals surface area contributed by atoms with E-state index in [0.717, 1.165) is 17.5 Å². The second-order valence-corrected chi connectivity index (χ2v) is 13.3. The molecule has 2 fully saturated rings. The average Bonchev–Trinajstić information content (AvgIpc) is 3.21. The van der Waals surface area contributed by atoms with Gasteiger partial charge in [-0.2, -0.15) is 0 Å². The summed E-state index contributed by atoms with van der Waals surface area (Å²) in [4.78, 5) is 13.7. The fourth-order valence-electron chi connectivity index (χ4n) is 5.65. The van der Waals surface area contributed by atoms with E-state index >= 15 is 0 Å². The Bertz CT molecular complexity index is 1230. The summed E-state index contributed by atoms with van der Waals surface area (Å²) in [7, 11) is -3.32. The molecular formula is C29H41N2O6S+. The number of hydrogen-bond acceptors (Lipinski definition) is 6. The van der Waals surface area contributed by atoms with Crippen LogP contribution in [0.2, 0.25) is 0 Å². The number of carbonyl (C=O) groups is 1. The van der Waals surface area contributed by atoms with Crippen LogP contribution in [-0.4, -0.2) is 72.5 Å². The molecule has 2 aromatic carbocycles. The van der Waals surface area contributed by atoms with E-state index in [1.54, 1.807) is 17.0 Å². The molecule has 2 aliphatic heterocycles. The quantitative estimate of drug-likeness (QED) is 0.422. The van der Waals surface area contributed by atoms with E-state index in [9.17, 15) is 23.4 Å². The fourth-order valence-corrected chi connectivity index (χ4v) is 7.67. The lowest BCUT2D eigenvalue weighted by molar-refractivity contribution is -0.708. The van der Waals surface area contributed by atoms with E-state index in [4.69, 9.17) is 4.74 Å². The Morgan fingerprint density at radius 2 is 1.89 bits per heavy atom. The Balaban J connectivity index is 1.45. The first-order valence-corrected chi connectivity index (χ1v) is 15.4. The van der Waals surface area contributed by atoms with Crippen molar-refractivity contribution in [2.75, 3.05) is 24.7 Å². The molecule has 0 aromatic heterocycles. The summed E-state index contributed by atoms with van der Waals surface area (Å²) in [5.41, 5.74) is 3.89. The monoisotopic (exact) mass is 545 g/mol. The first kappa shape index (κ1) is 28.4. The Morgan fingerprint density at radius 1 is 1.11 bits per heavy atom. The molecule has 2 heterocycles. The van der Waals surface area contributed by atoms with Gasteiger partial charge in [-0.1, -0.05) is 51.1 Å². The van der Waals surface area contributed by atoms with Gasteiger partial charge in [0.1, 0.15) is 36.8 Å². The highest BCUT2D eigenvalue weighted by atomic mass is 32.2. The number of phenols is 1. The second-order valence-electron chi connectivity index (χ2n) is 11.1. The SMILES string of the molecule is CCCN1C(=O)OC[C@@H]1Cc1cc(C[C@@H]2CS(=O)(=O)C[C@H]([NH2+]Cc3cccc(C(C)C)c3)[C@H]2O)ccc1O. The first-order chi connectivity index (χ1) is 18.1. The minimum atomic E-state index is -3.32. The molecule has 0 radical (unpaired) electrons. The summed E-state index contributed by atoms with van der Waals surface area (Å²) in [6.07, 6.45) is 0.543. The molecule has 2 aromatic rings. The van der Waals surface area contributed by atoms with Crippen LogP contribution in [0, 0.1) is 5.92 Å². The Kier molecular flexibility index (Phi) is 9.00. The Labute approximate surface area is 225 Å². The molecule has 38 heavy (non-hydrogen) atoms. The molecule has 2 aliphatic rings. The molecule has 9 heteroatoms. The third-order valence-electron chi connectivity index (χ3n) is 7.75. The highest BCUT2D eigenvalue weighted by Gasteiger charge is 2.42. The van der Waals surface area contributed by atoms with E-state index < -0.39 is 27.9 Å². The summed E-state index contributed by atoms with van der Waals surface area (Å²) in [6.45, 7) is 7.75. The molecule has 4 N–H and O–H groups in total.